The first-order valence-corrected chi connectivity index (χ1v) is 10.8. The van der Waals surface area contributed by atoms with Crippen LogP contribution in [0.3, 0.4) is 0 Å². The van der Waals surface area contributed by atoms with Gasteiger partial charge in [-0.3, -0.25) is 0 Å². The summed E-state index contributed by atoms with van der Waals surface area (Å²) in [5.74, 6) is 0.477. The largest absolute Gasteiger partial charge is 0.240 e. The quantitative estimate of drug-likeness (QED) is 0.285. The molecule has 8 heteroatoms. The van der Waals surface area contributed by atoms with Gasteiger partial charge in [0.15, 0.2) is 8.29 Å². The highest BCUT2D eigenvalue weighted by molar-refractivity contribution is 8.00. The molecule has 0 saturated heterocycles. The summed E-state index contributed by atoms with van der Waals surface area (Å²) in [5.41, 5.74) is 2.87. The monoisotopic (exact) mass is 417 g/mol. The van der Waals surface area contributed by atoms with Crippen LogP contribution in [0, 0.1) is 9.77 Å². The van der Waals surface area contributed by atoms with Crippen molar-refractivity contribution in [2.45, 2.75) is 10.1 Å². The van der Waals surface area contributed by atoms with E-state index in [2.05, 4.69) is 10.1 Å². The van der Waals surface area contributed by atoms with Crippen LogP contribution in [0.25, 0.3) is 16.3 Å². The summed E-state index contributed by atoms with van der Waals surface area (Å²) < 4.78 is 16.5. The standard InChI is InChI=1S/C18H12FN3S4/c19-13-8-6-12(7-9-13)16-20-14(10-24-16)11-25-17-21-22(18(23)26-17)15-4-2-1-3-5-15/h1-10H,11H2. The van der Waals surface area contributed by atoms with Crippen LogP contribution >= 0.6 is 46.7 Å². The van der Waals surface area contributed by atoms with Crippen LogP contribution in [0.15, 0.2) is 64.3 Å². The predicted octanol–water partition coefficient (Wildman–Crippen LogP) is 6.22. The number of thiazole rings is 1. The van der Waals surface area contributed by atoms with E-state index in [-0.39, 0.29) is 5.82 Å². The molecule has 4 rings (SSSR count). The predicted molar refractivity (Wildman–Crippen MR) is 109 cm³/mol. The summed E-state index contributed by atoms with van der Waals surface area (Å²) in [7, 11) is 0. The van der Waals surface area contributed by atoms with Crippen molar-refractivity contribution < 1.29 is 4.39 Å². The van der Waals surface area contributed by atoms with Crippen LogP contribution in [-0.4, -0.2) is 14.8 Å². The van der Waals surface area contributed by atoms with Crippen LogP contribution in [-0.2, 0) is 5.75 Å². The highest BCUT2D eigenvalue weighted by Crippen LogP contribution is 2.30. The minimum Gasteiger partial charge on any atom is -0.240 e. The van der Waals surface area contributed by atoms with Gasteiger partial charge < -0.3 is 0 Å². The number of rotatable bonds is 5. The fourth-order valence-corrected chi connectivity index (χ4v) is 5.47. The minimum absolute atomic E-state index is 0.240. The lowest BCUT2D eigenvalue weighted by Crippen LogP contribution is -1.95. The molecule has 0 aliphatic carbocycles. The van der Waals surface area contributed by atoms with Gasteiger partial charge in [-0.05, 0) is 48.6 Å². The first-order valence-electron chi connectivity index (χ1n) is 7.68. The molecular weight excluding hydrogens is 405 g/mol. The van der Waals surface area contributed by atoms with Gasteiger partial charge in [0, 0.05) is 16.7 Å². The Hall–Kier alpha value is -1.87. The molecule has 0 unspecified atom stereocenters. The van der Waals surface area contributed by atoms with Gasteiger partial charge in [0.05, 0.1) is 11.4 Å². The van der Waals surface area contributed by atoms with Gasteiger partial charge >= 0.3 is 0 Å². The first kappa shape index (κ1) is 17.5. The molecule has 2 aromatic heterocycles. The molecule has 2 aromatic carbocycles. The maximum Gasteiger partial charge on any atom is 0.184 e. The lowest BCUT2D eigenvalue weighted by atomic mass is 10.2. The maximum absolute atomic E-state index is 13.0. The van der Waals surface area contributed by atoms with Gasteiger partial charge in [-0.2, -0.15) is 0 Å². The number of nitrogens with zero attached hydrogens (tertiary/aromatic N) is 3. The number of thioether (sulfide) groups is 1. The van der Waals surface area contributed by atoms with Gasteiger partial charge in [0.1, 0.15) is 10.8 Å². The Labute approximate surface area is 167 Å². The van der Waals surface area contributed by atoms with E-state index in [0.717, 1.165) is 36.0 Å². The van der Waals surface area contributed by atoms with Crippen LogP contribution in [0.1, 0.15) is 5.69 Å². The molecule has 0 bridgehead atoms. The van der Waals surface area contributed by atoms with Crippen molar-refractivity contribution in [2.24, 2.45) is 0 Å². The highest BCUT2D eigenvalue weighted by Gasteiger charge is 2.09. The molecule has 0 N–H and O–H groups in total. The maximum atomic E-state index is 13.0. The van der Waals surface area contributed by atoms with Gasteiger partial charge in [0.2, 0.25) is 0 Å². The fourth-order valence-electron chi connectivity index (χ4n) is 2.29. The van der Waals surface area contributed by atoms with E-state index in [1.54, 1.807) is 39.9 Å². The number of hydrogen-bond acceptors (Lipinski definition) is 6. The molecule has 0 aliphatic rings. The second-order valence-electron chi connectivity index (χ2n) is 5.32. The third kappa shape index (κ3) is 3.93. The van der Waals surface area contributed by atoms with Crippen LogP contribution in [0.5, 0.6) is 0 Å². The first-order chi connectivity index (χ1) is 12.7. The Kier molecular flexibility index (Phi) is 5.26. The van der Waals surface area contributed by atoms with Crippen molar-refractivity contribution in [3.63, 3.8) is 0 Å². The van der Waals surface area contributed by atoms with Crippen LogP contribution in [0.2, 0.25) is 0 Å². The van der Waals surface area contributed by atoms with E-state index >= 15 is 0 Å². The van der Waals surface area contributed by atoms with E-state index in [4.69, 9.17) is 12.2 Å². The average molecular weight is 418 g/mol. The number of halogens is 1. The second kappa shape index (κ2) is 7.79. The third-order valence-electron chi connectivity index (χ3n) is 3.52. The third-order valence-corrected chi connectivity index (χ3v) is 6.86. The van der Waals surface area contributed by atoms with Crippen molar-refractivity contribution >= 4 is 46.7 Å². The summed E-state index contributed by atoms with van der Waals surface area (Å²) in [6, 6.07) is 16.3. The topological polar surface area (TPSA) is 30.7 Å². The van der Waals surface area contributed by atoms with Gasteiger partial charge in [-0.1, -0.05) is 41.3 Å². The minimum atomic E-state index is -0.240. The van der Waals surface area contributed by atoms with Crippen LogP contribution < -0.4 is 0 Å². The lowest BCUT2D eigenvalue weighted by Gasteiger charge is -1.99. The molecule has 4 aromatic rings. The molecule has 0 atom stereocenters. The molecule has 3 nitrogen and oxygen atoms in total. The summed E-state index contributed by atoms with van der Waals surface area (Å²) >= 11 is 10.1. The zero-order chi connectivity index (χ0) is 17.9. The Balaban J connectivity index is 1.47. The summed E-state index contributed by atoms with van der Waals surface area (Å²) in [6.07, 6.45) is 0. The van der Waals surface area contributed by atoms with Crippen molar-refractivity contribution in [1.82, 2.24) is 14.8 Å². The van der Waals surface area contributed by atoms with Crippen LogP contribution in [0.4, 0.5) is 4.39 Å². The Morgan fingerprint density at radius 2 is 1.85 bits per heavy atom. The van der Waals surface area contributed by atoms with Crippen molar-refractivity contribution in [3.8, 4) is 16.3 Å². The van der Waals surface area contributed by atoms with E-state index in [1.165, 1.54) is 23.5 Å². The van der Waals surface area contributed by atoms with Crippen molar-refractivity contribution in [1.29, 1.82) is 0 Å². The molecule has 130 valence electrons. The summed E-state index contributed by atoms with van der Waals surface area (Å²) in [6.45, 7) is 0. The molecule has 0 fully saturated rings. The number of hydrogen-bond donors (Lipinski definition) is 0. The molecule has 0 aliphatic heterocycles. The van der Waals surface area contributed by atoms with E-state index < -0.39 is 0 Å². The zero-order valence-corrected chi connectivity index (χ0v) is 16.6. The fraction of sp³-hybridized carbons (Fsp3) is 0.0556. The molecule has 0 saturated carbocycles. The van der Waals surface area contributed by atoms with Crippen molar-refractivity contribution in [2.75, 3.05) is 0 Å². The molecule has 0 spiro atoms. The molecule has 0 amide bonds. The van der Waals surface area contributed by atoms with E-state index in [9.17, 15) is 4.39 Å². The molecule has 26 heavy (non-hydrogen) atoms. The number of para-hydroxylation sites is 1. The van der Waals surface area contributed by atoms with E-state index in [1.807, 2.05) is 35.7 Å². The highest BCUT2D eigenvalue weighted by atomic mass is 32.2. The Morgan fingerprint density at radius 3 is 2.62 bits per heavy atom. The SMILES string of the molecule is Fc1ccc(-c2nc(CSc3nn(-c4ccccc4)c(=S)s3)cs2)cc1. The Morgan fingerprint density at radius 1 is 1.08 bits per heavy atom. The number of aromatic nitrogens is 3. The van der Waals surface area contributed by atoms with Gasteiger partial charge in [-0.25, -0.2) is 14.1 Å². The van der Waals surface area contributed by atoms with Gasteiger partial charge in [0.25, 0.3) is 0 Å². The molecular formula is C18H12FN3S4. The average Bonchev–Trinajstić information content (AvgIpc) is 3.28. The normalized spacial score (nSPS) is 11.0. The number of benzene rings is 2. The Bertz CT molecular complexity index is 1070. The van der Waals surface area contributed by atoms with E-state index in [0.29, 0.717) is 0 Å². The summed E-state index contributed by atoms with van der Waals surface area (Å²) in [5, 5.41) is 7.52. The van der Waals surface area contributed by atoms with Gasteiger partial charge in [-0.15, -0.1) is 16.4 Å². The second-order valence-corrected chi connectivity index (χ2v) is 9.02. The molecule has 0 radical (unpaired) electrons. The zero-order valence-electron chi connectivity index (χ0n) is 13.3. The summed E-state index contributed by atoms with van der Waals surface area (Å²) in [4.78, 5) is 4.63. The molecule has 2 heterocycles. The lowest BCUT2D eigenvalue weighted by molar-refractivity contribution is 0.628. The smallest absolute Gasteiger partial charge is 0.184 e. The van der Waals surface area contributed by atoms with Crippen molar-refractivity contribution in [3.05, 3.63) is 75.4 Å².